The van der Waals surface area contributed by atoms with E-state index in [0.29, 0.717) is 11.9 Å². The van der Waals surface area contributed by atoms with Crippen molar-refractivity contribution in [2.24, 2.45) is 5.92 Å². The Morgan fingerprint density at radius 1 is 1.45 bits per heavy atom. The van der Waals surface area contributed by atoms with E-state index in [-0.39, 0.29) is 11.8 Å². The predicted molar refractivity (Wildman–Crippen MR) is 82.7 cm³/mol. The van der Waals surface area contributed by atoms with Gasteiger partial charge in [-0.1, -0.05) is 6.07 Å². The lowest BCUT2D eigenvalue weighted by Gasteiger charge is -2.27. The molecule has 1 aliphatic heterocycles. The predicted octanol–water partition coefficient (Wildman–Crippen LogP) is 1.30. The molecule has 1 amide bonds. The number of tetrazole rings is 1. The van der Waals surface area contributed by atoms with Gasteiger partial charge in [0.25, 0.3) is 0 Å². The number of aromatic nitrogens is 4. The second-order valence-corrected chi connectivity index (χ2v) is 5.75. The largest absolute Gasteiger partial charge is 0.326 e. The number of piperidine rings is 1. The van der Waals surface area contributed by atoms with Gasteiger partial charge < -0.3 is 10.6 Å². The highest BCUT2D eigenvalue weighted by molar-refractivity contribution is 5.92. The minimum atomic E-state index is 0.0645. The highest BCUT2D eigenvalue weighted by atomic mass is 16.1. The number of aryl methyl sites for hydroxylation is 1. The highest BCUT2D eigenvalue weighted by Gasteiger charge is 2.24. The molecule has 116 valence electrons. The summed E-state index contributed by atoms with van der Waals surface area (Å²) < 4.78 is 1.64. The molecule has 1 saturated heterocycles. The summed E-state index contributed by atoms with van der Waals surface area (Å²) in [7, 11) is 0. The third-order valence-corrected chi connectivity index (χ3v) is 3.98. The number of rotatable bonds is 3. The van der Waals surface area contributed by atoms with Crippen LogP contribution < -0.4 is 10.6 Å². The van der Waals surface area contributed by atoms with E-state index in [1.807, 2.05) is 31.2 Å². The molecule has 2 aromatic rings. The minimum absolute atomic E-state index is 0.0645. The van der Waals surface area contributed by atoms with Gasteiger partial charge in [-0.05, 0) is 61.9 Å². The van der Waals surface area contributed by atoms with Gasteiger partial charge in [-0.25, -0.2) is 0 Å². The number of anilines is 1. The Kier molecular flexibility index (Phi) is 4.15. The fourth-order valence-corrected chi connectivity index (χ4v) is 2.80. The van der Waals surface area contributed by atoms with E-state index in [4.69, 9.17) is 0 Å². The average Bonchev–Trinajstić information content (AvgIpc) is 2.94. The van der Waals surface area contributed by atoms with Crippen LogP contribution in [0.15, 0.2) is 24.3 Å². The fourth-order valence-electron chi connectivity index (χ4n) is 2.80. The van der Waals surface area contributed by atoms with Crippen LogP contribution in [0, 0.1) is 12.8 Å². The number of carbonyl (C=O) groups excluding carboxylic acids is 1. The van der Waals surface area contributed by atoms with Gasteiger partial charge in [-0.3, -0.25) is 4.79 Å². The van der Waals surface area contributed by atoms with Gasteiger partial charge in [-0.15, -0.1) is 5.10 Å². The van der Waals surface area contributed by atoms with E-state index < -0.39 is 0 Å². The summed E-state index contributed by atoms with van der Waals surface area (Å²) >= 11 is 0. The number of hydrogen-bond acceptors (Lipinski definition) is 5. The van der Waals surface area contributed by atoms with Crippen LogP contribution in [-0.2, 0) is 4.79 Å². The Bertz CT molecular complexity index is 668. The second-order valence-electron chi connectivity index (χ2n) is 5.75. The summed E-state index contributed by atoms with van der Waals surface area (Å²) in [4.78, 5) is 12.4. The van der Waals surface area contributed by atoms with Crippen molar-refractivity contribution in [2.45, 2.75) is 32.7 Å². The molecule has 1 aliphatic rings. The molecule has 0 unspecified atom stereocenters. The van der Waals surface area contributed by atoms with Gasteiger partial charge in [0.2, 0.25) is 5.91 Å². The van der Waals surface area contributed by atoms with Gasteiger partial charge in [0, 0.05) is 17.6 Å². The molecule has 0 radical (unpaired) electrons. The number of nitrogens with zero attached hydrogens (tertiary/aromatic N) is 4. The van der Waals surface area contributed by atoms with E-state index in [2.05, 4.69) is 33.1 Å². The van der Waals surface area contributed by atoms with E-state index in [0.717, 1.165) is 30.8 Å². The molecular formula is C15H20N6O. The normalized spacial score (nSPS) is 21.5. The van der Waals surface area contributed by atoms with Crippen molar-refractivity contribution in [2.75, 3.05) is 11.9 Å². The van der Waals surface area contributed by atoms with Crippen LogP contribution in [-0.4, -0.2) is 38.7 Å². The van der Waals surface area contributed by atoms with Crippen LogP contribution in [0.3, 0.4) is 0 Å². The van der Waals surface area contributed by atoms with Crippen molar-refractivity contribution >= 4 is 11.6 Å². The van der Waals surface area contributed by atoms with E-state index >= 15 is 0 Å². The van der Waals surface area contributed by atoms with Crippen molar-refractivity contribution in [1.29, 1.82) is 0 Å². The summed E-state index contributed by atoms with van der Waals surface area (Å²) in [5.74, 6) is 0.851. The van der Waals surface area contributed by atoms with E-state index in [1.165, 1.54) is 0 Å². The summed E-state index contributed by atoms with van der Waals surface area (Å²) in [5, 5.41) is 17.8. The topological polar surface area (TPSA) is 84.7 Å². The first-order valence-electron chi connectivity index (χ1n) is 7.53. The molecule has 0 spiro atoms. The van der Waals surface area contributed by atoms with E-state index in [9.17, 15) is 4.79 Å². The lowest BCUT2D eigenvalue weighted by Crippen LogP contribution is -2.40. The van der Waals surface area contributed by atoms with Crippen LogP contribution in [0.2, 0.25) is 0 Å². The second kappa shape index (κ2) is 6.23. The van der Waals surface area contributed by atoms with Gasteiger partial charge in [-0.2, -0.15) is 4.68 Å². The van der Waals surface area contributed by atoms with Gasteiger partial charge in [0.1, 0.15) is 0 Å². The highest BCUT2D eigenvalue weighted by Crippen LogP contribution is 2.20. The molecule has 1 aromatic heterocycles. The molecule has 22 heavy (non-hydrogen) atoms. The summed E-state index contributed by atoms with van der Waals surface area (Å²) in [6.07, 6.45) is 1.75. The SMILES string of the molecule is Cc1nnnn1-c1cccc(NC(=O)[C@H]2CCN[C@@H](C)C2)c1. The monoisotopic (exact) mass is 300 g/mol. The zero-order chi connectivity index (χ0) is 15.5. The van der Waals surface area contributed by atoms with Crippen LogP contribution in [0.1, 0.15) is 25.6 Å². The molecule has 1 fully saturated rings. The first kappa shape index (κ1) is 14.6. The molecular weight excluding hydrogens is 280 g/mol. The maximum atomic E-state index is 12.4. The number of benzene rings is 1. The number of carbonyl (C=O) groups is 1. The number of hydrogen-bond donors (Lipinski definition) is 2. The third-order valence-electron chi connectivity index (χ3n) is 3.98. The lowest BCUT2D eigenvalue weighted by molar-refractivity contribution is -0.120. The molecule has 7 heteroatoms. The van der Waals surface area contributed by atoms with Crippen LogP contribution >= 0.6 is 0 Å². The molecule has 2 atom stereocenters. The smallest absolute Gasteiger partial charge is 0.227 e. The summed E-state index contributed by atoms with van der Waals surface area (Å²) in [6.45, 7) is 4.84. The molecule has 2 heterocycles. The van der Waals surface area contributed by atoms with Crippen molar-refractivity contribution in [3.8, 4) is 5.69 Å². The van der Waals surface area contributed by atoms with Crippen molar-refractivity contribution in [1.82, 2.24) is 25.5 Å². The van der Waals surface area contributed by atoms with Gasteiger partial charge in [0.05, 0.1) is 5.69 Å². The summed E-state index contributed by atoms with van der Waals surface area (Å²) in [5.41, 5.74) is 1.60. The maximum Gasteiger partial charge on any atom is 0.227 e. The third kappa shape index (κ3) is 3.14. The quantitative estimate of drug-likeness (QED) is 0.892. The lowest BCUT2D eigenvalue weighted by atomic mass is 9.92. The van der Waals surface area contributed by atoms with Crippen LogP contribution in [0.4, 0.5) is 5.69 Å². The van der Waals surface area contributed by atoms with Crippen molar-refractivity contribution < 1.29 is 4.79 Å². The molecule has 7 nitrogen and oxygen atoms in total. The van der Waals surface area contributed by atoms with Crippen LogP contribution in [0.5, 0.6) is 0 Å². The molecule has 0 saturated carbocycles. The molecule has 3 rings (SSSR count). The van der Waals surface area contributed by atoms with Crippen LogP contribution in [0.25, 0.3) is 5.69 Å². The first-order chi connectivity index (χ1) is 10.6. The zero-order valence-corrected chi connectivity index (χ0v) is 12.8. The first-order valence-corrected chi connectivity index (χ1v) is 7.53. The fraction of sp³-hybridized carbons (Fsp3) is 0.467. The zero-order valence-electron chi connectivity index (χ0n) is 12.8. The minimum Gasteiger partial charge on any atom is -0.326 e. The number of nitrogens with one attached hydrogen (secondary N) is 2. The average molecular weight is 300 g/mol. The van der Waals surface area contributed by atoms with Gasteiger partial charge >= 0.3 is 0 Å². The Morgan fingerprint density at radius 3 is 3.05 bits per heavy atom. The Balaban J connectivity index is 1.73. The van der Waals surface area contributed by atoms with Gasteiger partial charge in [0.15, 0.2) is 5.82 Å². The van der Waals surface area contributed by atoms with Crippen molar-refractivity contribution in [3.05, 3.63) is 30.1 Å². The standard InChI is InChI=1S/C15H20N6O/c1-10-8-12(6-7-16-10)15(22)17-13-4-3-5-14(9-13)21-11(2)18-19-20-21/h3-5,9-10,12,16H,6-8H2,1-2H3,(H,17,22)/t10-,12-/m0/s1. The molecule has 0 bridgehead atoms. The Hall–Kier alpha value is -2.28. The molecule has 1 aromatic carbocycles. The maximum absolute atomic E-state index is 12.4. The Labute approximate surface area is 129 Å². The Morgan fingerprint density at radius 2 is 2.32 bits per heavy atom. The number of amides is 1. The molecule has 2 N–H and O–H groups in total. The summed E-state index contributed by atoms with van der Waals surface area (Å²) in [6, 6.07) is 7.94. The van der Waals surface area contributed by atoms with Crippen molar-refractivity contribution in [3.63, 3.8) is 0 Å². The van der Waals surface area contributed by atoms with E-state index in [1.54, 1.807) is 4.68 Å². The molecule has 0 aliphatic carbocycles.